The molecule has 1 aliphatic heterocycles. The summed E-state index contributed by atoms with van der Waals surface area (Å²) in [5.74, 6) is 1.72. The zero-order valence-corrected chi connectivity index (χ0v) is 16.3. The Bertz CT molecular complexity index is 692. The quantitative estimate of drug-likeness (QED) is 0.603. The Labute approximate surface area is 159 Å². The van der Waals surface area contributed by atoms with E-state index in [1.165, 1.54) is 11.1 Å². The molecule has 0 saturated carbocycles. The van der Waals surface area contributed by atoms with Crippen LogP contribution < -0.4 is 15.4 Å². The molecular formula is C20H27N3O2S. The molecular weight excluding hydrogens is 346 g/mol. The maximum Gasteiger partial charge on any atom is 0.191 e. The maximum absolute atomic E-state index is 5.62. The van der Waals surface area contributed by atoms with E-state index in [-0.39, 0.29) is 5.41 Å². The van der Waals surface area contributed by atoms with E-state index in [9.17, 15) is 0 Å². The zero-order valence-electron chi connectivity index (χ0n) is 15.5. The number of thiophene rings is 1. The van der Waals surface area contributed by atoms with Gasteiger partial charge in [-0.2, -0.15) is 11.3 Å². The number of nitrogens with zero attached hydrogens (tertiary/aromatic N) is 1. The van der Waals surface area contributed by atoms with Crippen LogP contribution in [0.15, 0.2) is 46.1 Å². The van der Waals surface area contributed by atoms with E-state index in [2.05, 4.69) is 44.6 Å². The minimum atomic E-state index is 0.0462. The molecule has 2 aromatic rings. The normalized spacial score (nSPS) is 16.9. The maximum atomic E-state index is 5.62. The monoisotopic (exact) mass is 373 g/mol. The molecule has 6 heteroatoms. The summed E-state index contributed by atoms with van der Waals surface area (Å²) < 4.78 is 10.9. The molecule has 1 aromatic heterocycles. The molecule has 0 atom stereocenters. The molecule has 2 heterocycles. The summed E-state index contributed by atoms with van der Waals surface area (Å²) in [5, 5.41) is 11.2. The number of guanidine groups is 1. The molecule has 1 saturated heterocycles. The molecule has 1 fully saturated rings. The minimum absolute atomic E-state index is 0.0462. The third-order valence-corrected chi connectivity index (χ3v) is 5.74. The van der Waals surface area contributed by atoms with Crippen molar-refractivity contribution in [3.8, 4) is 5.75 Å². The molecule has 1 aromatic carbocycles. The highest BCUT2D eigenvalue weighted by molar-refractivity contribution is 7.07. The number of nitrogens with one attached hydrogen (secondary N) is 2. The van der Waals surface area contributed by atoms with Crippen LogP contribution in [0.3, 0.4) is 0 Å². The molecule has 0 radical (unpaired) electrons. The SMILES string of the molecule is CN=C(NCc1ccsc1)NCC1(c2ccc(OC)cc2)CCOCC1. The van der Waals surface area contributed by atoms with Crippen molar-refractivity contribution in [2.24, 2.45) is 4.99 Å². The van der Waals surface area contributed by atoms with E-state index in [4.69, 9.17) is 9.47 Å². The van der Waals surface area contributed by atoms with Crippen LogP contribution in [0.25, 0.3) is 0 Å². The first kappa shape index (κ1) is 18.7. The van der Waals surface area contributed by atoms with Crippen molar-refractivity contribution in [3.05, 3.63) is 52.2 Å². The predicted molar refractivity (Wildman–Crippen MR) is 107 cm³/mol. The number of hydrogen-bond donors (Lipinski definition) is 2. The Morgan fingerprint density at radius 1 is 1.19 bits per heavy atom. The van der Waals surface area contributed by atoms with Gasteiger partial charge in [0.2, 0.25) is 0 Å². The number of rotatable bonds is 6. The Morgan fingerprint density at radius 3 is 2.58 bits per heavy atom. The summed E-state index contributed by atoms with van der Waals surface area (Å²) in [6.45, 7) is 3.18. The fourth-order valence-corrected chi connectivity index (χ4v) is 4.00. The molecule has 3 rings (SSSR count). The number of ether oxygens (including phenoxy) is 2. The molecule has 26 heavy (non-hydrogen) atoms. The standard InChI is InChI=1S/C20H27N3O2S/c1-21-19(22-13-16-7-12-26-14-16)23-15-20(8-10-25-11-9-20)17-3-5-18(24-2)6-4-17/h3-7,12,14H,8-11,13,15H2,1-2H3,(H2,21,22,23). The van der Waals surface area contributed by atoms with Crippen LogP contribution in [-0.4, -0.2) is 39.9 Å². The predicted octanol–water partition coefficient (Wildman–Crippen LogP) is 3.17. The fourth-order valence-electron chi connectivity index (χ4n) is 3.33. The van der Waals surface area contributed by atoms with Gasteiger partial charge in [-0.3, -0.25) is 4.99 Å². The Balaban J connectivity index is 1.67. The number of hydrogen-bond acceptors (Lipinski definition) is 4. The van der Waals surface area contributed by atoms with Gasteiger partial charge in [-0.15, -0.1) is 0 Å². The summed E-state index contributed by atoms with van der Waals surface area (Å²) in [6.07, 6.45) is 1.99. The van der Waals surface area contributed by atoms with E-state index in [0.717, 1.165) is 50.9 Å². The lowest BCUT2D eigenvalue weighted by atomic mass is 9.74. The van der Waals surface area contributed by atoms with Crippen LogP contribution >= 0.6 is 11.3 Å². The summed E-state index contributed by atoms with van der Waals surface area (Å²) >= 11 is 1.71. The van der Waals surface area contributed by atoms with Gasteiger partial charge in [0, 0.05) is 38.8 Å². The van der Waals surface area contributed by atoms with Crippen LogP contribution in [0.2, 0.25) is 0 Å². The summed E-state index contributed by atoms with van der Waals surface area (Å²) in [7, 11) is 3.51. The van der Waals surface area contributed by atoms with E-state index < -0.39 is 0 Å². The lowest BCUT2D eigenvalue weighted by Gasteiger charge is -2.38. The number of aliphatic imine (C=N–C) groups is 1. The van der Waals surface area contributed by atoms with E-state index in [1.54, 1.807) is 18.4 Å². The van der Waals surface area contributed by atoms with Gasteiger partial charge in [-0.25, -0.2) is 0 Å². The zero-order chi connectivity index (χ0) is 18.2. The highest BCUT2D eigenvalue weighted by atomic mass is 32.1. The van der Waals surface area contributed by atoms with E-state index >= 15 is 0 Å². The summed E-state index contributed by atoms with van der Waals surface area (Å²) in [6, 6.07) is 10.6. The molecule has 0 spiro atoms. The first-order valence-electron chi connectivity index (χ1n) is 8.94. The van der Waals surface area contributed by atoms with Gasteiger partial charge in [-0.1, -0.05) is 12.1 Å². The molecule has 5 nitrogen and oxygen atoms in total. The third kappa shape index (κ3) is 4.56. The minimum Gasteiger partial charge on any atom is -0.497 e. The van der Waals surface area contributed by atoms with Gasteiger partial charge in [0.15, 0.2) is 5.96 Å². The number of benzene rings is 1. The highest BCUT2D eigenvalue weighted by Gasteiger charge is 2.34. The van der Waals surface area contributed by atoms with Gasteiger partial charge in [0.25, 0.3) is 0 Å². The second-order valence-electron chi connectivity index (χ2n) is 6.53. The number of methoxy groups -OCH3 is 1. The average Bonchev–Trinajstić information content (AvgIpc) is 3.22. The van der Waals surface area contributed by atoms with Gasteiger partial charge >= 0.3 is 0 Å². The van der Waals surface area contributed by atoms with Crippen LogP contribution in [0.4, 0.5) is 0 Å². The highest BCUT2D eigenvalue weighted by Crippen LogP contribution is 2.35. The van der Waals surface area contributed by atoms with Crippen molar-refractivity contribution in [3.63, 3.8) is 0 Å². The largest absolute Gasteiger partial charge is 0.497 e. The van der Waals surface area contributed by atoms with Gasteiger partial charge in [0.05, 0.1) is 7.11 Å². The van der Waals surface area contributed by atoms with Crippen molar-refractivity contribution in [2.45, 2.75) is 24.8 Å². The van der Waals surface area contributed by atoms with Gasteiger partial charge in [0.1, 0.15) is 5.75 Å². The van der Waals surface area contributed by atoms with E-state index in [1.807, 2.05) is 19.2 Å². The summed E-state index contributed by atoms with van der Waals surface area (Å²) in [5.41, 5.74) is 2.64. The second kappa shape index (κ2) is 9.05. The molecule has 0 bridgehead atoms. The molecule has 0 aliphatic carbocycles. The van der Waals surface area contributed by atoms with Gasteiger partial charge < -0.3 is 20.1 Å². The molecule has 0 unspecified atom stereocenters. The van der Waals surface area contributed by atoms with Crippen LogP contribution in [0, 0.1) is 0 Å². The van der Waals surface area contributed by atoms with Crippen molar-refractivity contribution in [1.82, 2.24) is 10.6 Å². The molecule has 1 aliphatic rings. The van der Waals surface area contributed by atoms with Crippen LogP contribution in [-0.2, 0) is 16.7 Å². The first-order chi connectivity index (χ1) is 12.8. The lowest BCUT2D eigenvalue weighted by molar-refractivity contribution is 0.0513. The van der Waals surface area contributed by atoms with Crippen LogP contribution in [0.5, 0.6) is 5.75 Å². The van der Waals surface area contributed by atoms with Gasteiger partial charge in [-0.05, 0) is 52.9 Å². The topological polar surface area (TPSA) is 54.9 Å². The Morgan fingerprint density at radius 2 is 1.96 bits per heavy atom. The Hall–Kier alpha value is -2.05. The fraction of sp³-hybridized carbons (Fsp3) is 0.450. The average molecular weight is 374 g/mol. The van der Waals surface area contributed by atoms with Crippen molar-refractivity contribution < 1.29 is 9.47 Å². The molecule has 2 N–H and O–H groups in total. The second-order valence-corrected chi connectivity index (χ2v) is 7.31. The van der Waals surface area contributed by atoms with Crippen molar-refractivity contribution >= 4 is 17.3 Å². The molecule has 0 amide bonds. The van der Waals surface area contributed by atoms with Crippen LogP contribution in [0.1, 0.15) is 24.0 Å². The Kier molecular flexibility index (Phi) is 6.52. The molecule has 140 valence electrons. The van der Waals surface area contributed by atoms with Crippen molar-refractivity contribution in [1.29, 1.82) is 0 Å². The lowest BCUT2D eigenvalue weighted by Crippen LogP contribution is -2.47. The smallest absolute Gasteiger partial charge is 0.191 e. The third-order valence-electron chi connectivity index (χ3n) is 5.01. The summed E-state index contributed by atoms with van der Waals surface area (Å²) in [4.78, 5) is 4.37. The van der Waals surface area contributed by atoms with Crippen molar-refractivity contribution in [2.75, 3.05) is 33.9 Å². The van der Waals surface area contributed by atoms with E-state index in [0.29, 0.717) is 0 Å². The first-order valence-corrected chi connectivity index (χ1v) is 9.88.